The number of aryl methyl sites for hydroxylation is 1. The molecule has 43 heavy (non-hydrogen) atoms. The summed E-state index contributed by atoms with van der Waals surface area (Å²) in [4.78, 5) is 44.5. The minimum atomic E-state index is -0.956. The number of ether oxygens (including phenoxy) is 2. The number of carbonyl (C=O) groups is 3. The predicted octanol–water partition coefficient (Wildman–Crippen LogP) is 5.18. The monoisotopic (exact) mass is 619 g/mol. The molecule has 1 aliphatic heterocycles. The summed E-state index contributed by atoms with van der Waals surface area (Å²) in [5.74, 6) is -0.760. The Morgan fingerprint density at radius 3 is 2.65 bits per heavy atom. The number of nitrogens with zero attached hydrogens (tertiary/aromatic N) is 2. The van der Waals surface area contributed by atoms with Crippen molar-refractivity contribution in [2.45, 2.75) is 38.1 Å². The van der Waals surface area contributed by atoms with Crippen LogP contribution in [0.2, 0.25) is 0 Å². The minimum absolute atomic E-state index is 0.0729. The number of hydrogen-bond donors (Lipinski definition) is 1. The maximum Gasteiger partial charge on any atom is 0.325 e. The first-order valence-corrected chi connectivity index (χ1v) is 15.6. The van der Waals surface area contributed by atoms with Gasteiger partial charge in [0.05, 0.1) is 0 Å². The number of hydrogen-bond acceptors (Lipinski definition) is 7. The first kappa shape index (κ1) is 30.5. The van der Waals surface area contributed by atoms with E-state index >= 15 is 0 Å². The fourth-order valence-corrected chi connectivity index (χ4v) is 6.13. The molecule has 5 rings (SSSR count). The maximum absolute atomic E-state index is 14.3. The lowest BCUT2D eigenvalue weighted by molar-refractivity contribution is -0.150. The van der Waals surface area contributed by atoms with Crippen LogP contribution in [-0.4, -0.2) is 60.3 Å². The molecule has 0 saturated carbocycles. The van der Waals surface area contributed by atoms with Gasteiger partial charge in [0.2, 0.25) is 5.91 Å². The van der Waals surface area contributed by atoms with Gasteiger partial charge in [0.1, 0.15) is 36.4 Å². The molecule has 1 aromatic heterocycles. The number of anilines is 1. The lowest BCUT2D eigenvalue weighted by atomic mass is 10.1. The molecule has 0 spiro atoms. The van der Waals surface area contributed by atoms with Crippen molar-refractivity contribution in [3.63, 3.8) is 0 Å². The molecule has 1 aliphatic carbocycles. The molecule has 8 nitrogen and oxygen atoms in total. The molecule has 1 unspecified atom stereocenters. The van der Waals surface area contributed by atoms with Crippen LogP contribution in [0.1, 0.15) is 28.5 Å². The van der Waals surface area contributed by atoms with Gasteiger partial charge in [-0.25, -0.2) is 0 Å². The molecule has 224 valence electrons. The first-order chi connectivity index (χ1) is 20.9. The van der Waals surface area contributed by atoms with Crippen molar-refractivity contribution < 1.29 is 23.9 Å². The summed E-state index contributed by atoms with van der Waals surface area (Å²) in [7, 11) is 0. The van der Waals surface area contributed by atoms with Gasteiger partial charge >= 0.3 is 5.97 Å². The molecule has 3 atom stereocenters. The van der Waals surface area contributed by atoms with Crippen LogP contribution in [0.3, 0.4) is 0 Å². The Balaban J connectivity index is 1.37. The third-order valence-corrected chi connectivity index (χ3v) is 8.49. The van der Waals surface area contributed by atoms with E-state index < -0.39 is 24.0 Å². The van der Waals surface area contributed by atoms with Crippen molar-refractivity contribution in [1.29, 1.82) is 0 Å². The number of piperazine rings is 1. The van der Waals surface area contributed by atoms with Crippen molar-refractivity contribution in [3.05, 3.63) is 106 Å². The van der Waals surface area contributed by atoms with Gasteiger partial charge < -0.3 is 19.7 Å². The van der Waals surface area contributed by atoms with Gasteiger partial charge in [-0.15, -0.1) is 22.9 Å². The number of amides is 2. The zero-order valence-corrected chi connectivity index (χ0v) is 25.4. The molecule has 1 saturated heterocycles. The van der Waals surface area contributed by atoms with Gasteiger partial charge in [-0.05, 0) is 53.8 Å². The van der Waals surface area contributed by atoms with E-state index in [1.807, 2.05) is 91.2 Å². The summed E-state index contributed by atoms with van der Waals surface area (Å²) >= 11 is 7.52. The van der Waals surface area contributed by atoms with Gasteiger partial charge in [-0.2, -0.15) is 0 Å². The van der Waals surface area contributed by atoms with Crippen molar-refractivity contribution in [2.75, 3.05) is 30.4 Å². The maximum atomic E-state index is 14.3. The average Bonchev–Trinajstić information content (AvgIpc) is 3.58. The molecule has 10 heteroatoms. The molecular formula is C33H34ClN3O5S. The van der Waals surface area contributed by atoms with Crippen LogP contribution in [0, 0.1) is 6.92 Å². The Bertz CT molecular complexity index is 1480. The fourth-order valence-electron chi connectivity index (χ4n) is 5.19. The van der Waals surface area contributed by atoms with E-state index in [0.717, 1.165) is 17.5 Å². The number of nitrogens with one attached hydrogen (secondary N) is 1. The van der Waals surface area contributed by atoms with Crippen molar-refractivity contribution in [1.82, 2.24) is 10.2 Å². The lowest BCUT2D eigenvalue weighted by Crippen LogP contribution is -2.58. The van der Waals surface area contributed by atoms with E-state index in [1.165, 1.54) is 16.2 Å². The summed E-state index contributed by atoms with van der Waals surface area (Å²) in [6, 6.07) is 17.0. The van der Waals surface area contributed by atoms with E-state index in [1.54, 1.807) is 11.0 Å². The summed E-state index contributed by atoms with van der Waals surface area (Å²) in [5.41, 5.74) is 2.22. The molecule has 1 N–H and O–H groups in total. The van der Waals surface area contributed by atoms with Crippen LogP contribution < -0.4 is 15.0 Å². The molecule has 2 heterocycles. The second-order valence-corrected chi connectivity index (χ2v) is 11.6. The Kier molecular flexibility index (Phi) is 10.3. The SMILES string of the molecule is Cc1cc(OC2C=CC=CC2)ccc1N(C(=O)CCl)[C@H](C(=O)N1CCN[C@@H](C(=O)OCc2ccccc2)C1)c1cccs1. The van der Waals surface area contributed by atoms with Crippen LogP contribution in [0.4, 0.5) is 5.69 Å². The summed E-state index contributed by atoms with van der Waals surface area (Å²) in [6.07, 6.45) is 8.69. The smallest absolute Gasteiger partial charge is 0.325 e. The summed E-state index contributed by atoms with van der Waals surface area (Å²) in [5, 5.41) is 5.04. The molecule has 1 fully saturated rings. The molecule has 2 aliphatic rings. The largest absolute Gasteiger partial charge is 0.486 e. The molecule has 2 aromatic carbocycles. The number of alkyl halides is 1. The van der Waals surface area contributed by atoms with Gasteiger partial charge in [-0.3, -0.25) is 19.3 Å². The fraction of sp³-hybridized carbons (Fsp3) is 0.303. The minimum Gasteiger partial charge on any atom is -0.486 e. The average molecular weight is 620 g/mol. The molecule has 2 amide bonds. The van der Waals surface area contributed by atoms with Crippen molar-refractivity contribution in [3.8, 4) is 5.75 Å². The number of esters is 1. The van der Waals surface area contributed by atoms with Gasteiger partial charge in [0.25, 0.3) is 5.91 Å². The summed E-state index contributed by atoms with van der Waals surface area (Å²) in [6.45, 7) is 2.93. The van der Waals surface area contributed by atoms with Gasteiger partial charge in [0.15, 0.2) is 0 Å². The Morgan fingerprint density at radius 2 is 1.95 bits per heavy atom. The van der Waals surface area contributed by atoms with Crippen LogP contribution >= 0.6 is 22.9 Å². The van der Waals surface area contributed by atoms with E-state index in [9.17, 15) is 14.4 Å². The van der Waals surface area contributed by atoms with Crippen LogP contribution in [0.5, 0.6) is 5.75 Å². The second kappa shape index (κ2) is 14.5. The zero-order chi connectivity index (χ0) is 30.2. The number of thiophene rings is 1. The van der Waals surface area contributed by atoms with Crippen molar-refractivity contribution >= 4 is 46.4 Å². The number of benzene rings is 2. The third kappa shape index (κ3) is 7.54. The zero-order valence-electron chi connectivity index (χ0n) is 23.9. The van der Waals surface area contributed by atoms with E-state index in [2.05, 4.69) is 5.32 Å². The van der Waals surface area contributed by atoms with Crippen LogP contribution in [0.15, 0.2) is 90.3 Å². The Labute approximate surface area is 260 Å². The topological polar surface area (TPSA) is 88.2 Å². The van der Waals surface area contributed by atoms with Crippen LogP contribution in [0.25, 0.3) is 0 Å². The highest BCUT2D eigenvalue weighted by Crippen LogP contribution is 2.36. The lowest BCUT2D eigenvalue weighted by Gasteiger charge is -2.38. The highest BCUT2D eigenvalue weighted by molar-refractivity contribution is 7.10. The number of rotatable bonds is 10. The van der Waals surface area contributed by atoms with E-state index in [4.69, 9.17) is 21.1 Å². The van der Waals surface area contributed by atoms with Crippen LogP contribution in [-0.2, 0) is 25.7 Å². The highest BCUT2D eigenvalue weighted by Gasteiger charge is 2.39. The summed E-state index contributed by atoms with van der Waals surface area (Å²) < 4.78 is 11.7. The molecular weight excluding hydrogens is 586 g/mol. The molecule has 3 aromatic rings. The predicted molar refractivity (Wildman–Crippen MR) is 168 cm³/mol. The number of carbonyl (C=O) groups excluding carboxylic acids is 3. The van der Waals surface area contributed by atoms with Gasteiger partial charge in [0, 0.05) is 36.6 Å². The number of allylic oxidation sites excluding steroid dienone is 2. The van der Waals surface area contributed by atoms with E-state index in [0.29, 0.717) is 29.4 Å². The van der Waals surface area contributed by atoms with E-state index in [-0.39, 0.29) is 31.0 Å². The highest BCUT2D eigenvalue weighted by atomic mass is 35.5. The van der Waals surface area contributed by atoms with Crippen molar-refractivity contribution in [2.24, 2.45) is 0 Å². The normalized spacial score (nSPS) is 18.6. The molecule has 0 radical (unpaired) electrons. The van der Waals surface area contributed by atoms with Gasteiger partial charge in [-0.1, -0.05) is 54.6 Å². The number of halogens is 1. The Morgan fingerprint density at radius 1 is 1.12 bits per heavy atom. The third-order valence-electron chi connectivity index (χ3n) is 7.34. The second-order valence-electron chi connectivity index (χ2n) is 10.4. The Hall–Kier alpha value is -3.92. The molecule has 0 bridgehead atoms. The standard InChI is InChI=1S/C33H34ClN3O5S/c1-23-19-26(42-25-11-6-3-7-12-25)14-15-28(23)37(30(38)20-34)31(29-13-8-18-43-29)32(39)36-17-16-35-27(21-36)33(40)41-22-24-9-4-2-5-10-24/h2-11,13-15,18-19,25,27,31,35H,12,16-17,20-22H2,1H3/t25?,27-,31+/m1/s1. The first-order valence-electron chi connectivity index (χ1n) is 14.2. The quantitative estimate of drug-likeness (QED) is 0.249.